The number of para-hydroxylation sites is 1. The van der Waals surface area contributed by atoms with Crippen LogP contribution in [0.5, 0.6) is 5.75 Å². The van der Waals surface area contributed by atoms with Gasteiger partial charge in [0.1, 0.15) is 12.4 Å². The largest absolute Gasteiger partial charge is 0.492 e. The van der Waals surface area contributed by atoms with Crippen LogP contribution >= 0.6 is 0 Å². The third-order valence-electron chi connectivity index (χ3n) is 3.31. The number of aryl methyl sites for hydroxylation is 1. The van der Waals surface area contributed by atoms with E-state index in [0.717, 1.165) is 18.9 Å². The molecule has 0 amide bonds. The first-order chi connectivity index (χ1) is 8.84. The summed E-state index contributed by atoms with van der Waals surface area (Å²) in [6.07, 6.45) is 0. The molecule has 1 unspecified atom stereocenters. The molecule has 92 valence electrons. The van der Waals surface area contributed by atoms with E-state index >= 15 is 0 Å². The van der Waals surface area contributed by atoms with Gasteiger partial charge in [-0.05, 0) is 18.6 Å². The van der Waals surface area contributed by atoms with Crippen LogP contribution in [-0.4, -0.2) is 13.2 Å². The Labute approximate surface area is 108 Å². The van der Waals surface area contributed by atoms with Gasteiger partial charge in [-0.15, -0.1) is 0 Å². The molecule has 18 heavy (non-hydrogen) atoms. The van der Waals surface area contributed by atoms with Gasteiger partial charge < -0.3 is 10.1 Å². The Balaban J connectivity index is 2.06. The first-order valence-electron chi connectivity index (χ1n) is 6.36. The van der Waals surface area contributed by atoms with Crippen LogP contribution in [0.4, 0.5) is 0 Å². The fourth-order valence-corrected chi connectivity index (χ4v) is 2.47. The SMILES string of the molecule is Cc1cccc(C2NCCOc3ccccc32)c1. The van der Waals surface area contributed by atoms with Crippen molar-refractivity contribution in [1.82, 2.24) is 5.32 Å². The summed E-state index contributed by atoms with van der Waals surface area (Å²) < 4.78 is 5.77. The van der Waals surface area contributed by atoms with E-state index in [-0.39, 0.29) is 6.04 Å². The standard InChI is InChI=1S/C16H17NO/c1-12-5-4-6-13(11-12)16-14-7-2-3-8-15(14)18-10-9-17-16/h2-8,11,16-17H,9-10H2,1H3. The van der Waals surface area contributed by atoms with E-state index in [4.69, 9.17) is 4.74 Å². The van der Waals surface area contributed by atoms with Gasteiger partial charge in [0.05, 0.1) is 6.04 Å². The summed E-state index contributed by atoms with van der Waals surface area (Å²) in [6.45, 7) is 3.72. The lowest BCUT2D eigenvalue weighted by molar-refractivity contribution is 0.325. The van der Waals surface area contributed by atoms with Crippen molar-refractivity contribution < 1.29 is 4.74 Å². The molecule has 0 aliphatic carbocycles. The van der Waals surface area contributed by atoms with Crippen LogP contribution in [-0.2, 0) is 0 Å². The van der Waals surface area contributed by atoms with Crippen molar-refractivity contribution in [2.75, 3.05) is 13.2 Å². The summed E-state index contributed by atoms with van der Waals surface area (Å²) in [4.78, 5) is 0. The molecule has 0 saturated carbocycles. The molecule has 0 radical (unpaired) electrons. The van der Waals surface area contributed by atoms with Gasteiger partial charge in [0.15, 0.2) is 0 Å². The molecule has 0 aromatic heterocycles. The Morgan fingerprint density at radius 2 is 2.00 bits per heavy atom. The summed E-state index contributed by atoms with van der Waals surface area (Å²) in [7, 11) is 0. The number of benzene rings is 2. The number of hydrogen-bond donors (Lipinski definition) is 1. The molecule has 3 rings (SSSR count). The molecule has 2 aromatic carbocycles. The Kier molecular flexibility index (Phi) is 3.03. The van der Waals surface area contributed by atoms with Crippen molar-refractivity contribution in [3.63, 3.8) is 0 Å². The molecular weight excluding hydrogens is 222 g/mol. The van der Waals surface area contributed by atoms with Crippen molar-refractivity contribution in [1.29, 1.82) is 0 Å². The lowest BCUT2D eigenvalue weighted by Crippen LogP contribution is -2.23. The van der Waals surface area contributed by atoms with Gasteiger partial charge in [0.2, 0.25) is 0 Å². The Morgan fingerprint density at radius 3 is 2.89 bits per heavy atom. The van der Waals surface area contributed by atoms with Crippen molar-refractivity contribution in [2.24, 2.45) is 0 Å². The molecule has 0 fully saturated rings. The summed E-state index contributed by atoms with van der Waals surface area (Å²) >= 11 is 0. The molecule has 1 aliphatic rings. The quantitative estimate of drug-likeness (QED) is 0.825. The zero-order valence-corrected chi connectivity index (χ0v) is 10.5. The Hall–Kier alpha value is -1.80. The highest BCUT2D eigenvalue weighted by Crippen LogP contribution is 2.31. The van der Waals surface area contributed by atoms with E-state index in [2.05, 4.69) is 48.6 Å². The van der Waals surface area contributed by atoms with E-state index in [1.54, 1.807) is 0 Å². The van der Waals surface area contributed by atoms with Crippen molar-refractivity contribution in [3.8, 4) is 5.75 Å². The highest BCUT2D eigenvalue weighted by atomic mass is 16.5. The lowest BCUT2D eigenvalue weighted by Gasteiger charge is -2.18. The van der Waals surface area contributed by atoms with Crippen molar-refractivity contribution in [2.45, 2.75) is 13.0 Å². The van der Waals surface area contributed by atoms with E-state index in [9.17, 15) is 0 Å². The first-order valence-corrected chi connectivity index (χ1v) is 6.36. The summed E-state index contributed by atoms with van der Waals surface area (Å²) in [5.74, 6) is 0.994. The molecule has 2 heteroatoms. The zero-order valence-electron chi connectivity index (χ0n) is 10.5. The third kappa shape index (κ3) is 2.12. The predicted octanol–water partition coefficient (Wildman–Crippen LogP) is 3.07. The summed E-state index contributed by atoms with van der Waals surface area (Å²) in [5.41, 5.74) is 3.81. The fraction of sp³-hybridized carbons (Fsp3) is 0.250. The second kappa shape index (κ2) is 4.83. The predicted molar refractivity (Wildman–Crippen MR) is 73.0 cm³/mol. The van der Waals surface area contributed by atoms with E-state index in [1.165, 1.54) is 16.7 Å². The maximum absolute atomic E-state index is 5.77. The molecule has 2 nitrogen and oxygen atoms in total. The molecule has 0 spiro atoms. The second-order valence-electron chi connectivity index (χ2n) is 4.69. The highest BCUT2D eigenvalue weighted by Gasteiger charge is 2.20. The minimum Gasteiger partial charge on any atom is -0.492 e. The van der Waals surface area contributed by atoms with E-state index in [0.29, 0.717) is 0 Å². The van der Waals surface area contributed by atoms with Crippen LogP contribution in [0.25, 0.3) is 0 Å². The number of hydrogen-bond acceptors (Lipinski definition) is 2. The normalized spacial score (nSPS) is 18.6. The fourth-order valence-electron chi connectivity index (χ4n) is 2.47. The topological polar surface area (TPSA) is 21.3 Å². The minimum absolute atomic E-state index is 0.226. The Bertz CT molecular complexity index is 550. The lowest BCUT2D eigenvalue weighted by atomic mass is 9.97. The minimum atomic E-state index is 0.226. The number of ether oxygens (including phenoxy) is 1. The van der Waals surface area contributed by atoms with Crippen LogP contribution in [0.3, 0.4) is 0 Å². The molecule has 1 N–H and O–H groups in total. The number of rotatable bonds is 1. The van der Waals surface area contributed by atoms with E-state index < -0.39 is 0 Å². The van der Waals surface area contributed by atoms with Gasteiger partial charge in [0.25, 0.3) is 0 Å². The molecule has 0 bridgehead atoms. The van der Waals surface area contributed by atoms with Gasteiger partial charge in [-0.25, -0.2) is 0 Å². The Morgan fingerprint density at radius 1 is 1.11 bits per heavy atom. The van der Waals surface area contributed by atoms with Crippen LogP contribution < -0.4 is 10.1 Å². The highest BCUT2D eigenvalue weighted by molar-refractivity contribution is 5.42. The molecule has 1 aliphatic heterocycles. The first kappa shape index (κ1) is 11.3. The van der Waals surface area contributed by atoms with Crippen molar-refractivity contribution in [3.05, 3.63) is 65.2 Å². The van der Waals surface area contributed by atoms with Crippen LogP contribution in [0.15, 0.2) is 48.5 Å². The van der Waals surface area contributed by atoms with Crippen LogP contribution in [0, 0.1) is 6.92 Å². The van der Waals surface area contributed by atoms with Gasteiger partial charge in [-0.2, -0.15) is 0 Å². The van der Waals surface area contributed by atoms with Crippen LogP contribution in [0.1, 0.15) is 22.7 Å². The number of fused-ring (bicyclic) bond motifs is 1. The third-order valence-corrected chi connectivity index (χ3v) is 3.31. The zero-order chi connectivity index (χ0) is 12.4. The smallest absolute Gasteiger partial charge is 0.124 e. The van der Waals surface area contributed by atoms with Gasteiger partial charge in [-0.3, -0.25) is 0 Å². The monoisotopic (exact) mass is 239 g/mol. The van der Waals surface area contributed by atoms with Gasteiger partial charge in [-0.1, -0.05) is 48.0 Å². The summed E-state index contributed by atoms with van der Waals surface area (Å²) in [6, 6.07) is 17.2. The van der Waals surface area contributed by atoms with Crippen LogP contribution in [0.2, 0.25) is 0 Å². The summed E-state index contributed by atoms with van der Waals surface area (Å²) in [5, 5.41) is 3.56. The molecule has 0 saturated heterocycles. The maximum Gasteiger partial charge on any atom is 0.124 e. The molecular formula is C16H17NO. The maximum atomic E-state index is 5.77. The average Bonchev–Trinajstić information content (AvgIpc) is 2.61. The molecule has 1 atom stereocenters. The second-order valence-corrected chi connectivity index (χ2v) is 4.69. The average molecular weight is 239 g/mol. The molecule has 1 heterocycles. The molecule has 2 aromatic rings. The van der Waals surface area contributed by atoms with Crippen molar-refractivity contribution >= 4 is 0 Å². The van der Waals surface area contributed by atoms with E-state index in [1.807, 2.05) is 12.1 Å². The number of nitrogens with one attached hydrogen (secondary N) is 1. The van der Waals surface area contributed by atoms with Gasteiger partial charge >= 0.3 is 0 Å². The van der Waals surface area contributed by atoms with Gasteiger partial charge in [0, 0.05) is 12.1 Å².